The van der Waals surface area contributed by atoms with E-state index in [9.17, 15) is 4.55 Å². The van der Waals surface area contributed by atoms with Gasteiger partial charge in [-0.05, 0) is 24.3 Å². The molecule has 1 atom stereocenters. The second kappa shape index (κ2) is 5.51. The van der Waals surface area contributed by atoms with Crippen molar-refractivity contribution in [2.75, 3.05) is 32.0 Å². The van der Waals surface area contributed by atoms with Gasteiger partial charge in [0.2, 0.25) is 0 Å². The Morgan fingerprint density at radius 1 is 1.25 bits per heavy atom. The molecule has 88 valence electrons. The molecule has 1 aromatic carbocycles. The first-order chi connectivity index (χ1) is 7.75. The molecule has 16 heavy (non-hydrogen) atoms. The van der Waals surface area contributed by atoms with E-state index in [0.717, 1.165) is 18.0 Å². The zero-order valence-corrected chi connectivity index (χ0v) is 9.70. The minimum Gasteiger partial charge on any atom is -0.592 e. The largest absolute Gasteiger partial charge is 0.592 e. The second-order valence-electron chi connectivity index (χ2n) is 3.53. The molecule has 0 bridgehead atoms. The summed E-state index contributed by atoms with van der Waals surface area (Å²) in [5, 5.41) is 1.91. The Morgan fingerprint density at radius 3 is 2.50 bits per heavy atom. The van der Waals surface area contributed by atoms with Gasteiger partial charge in [-0.2, -0.15) is 5.01 Å². The van der Waals surface area contributed by atoms with Crippen LogP contribution in [0, 0.1) is 0 Å². The van der Waals surface area contributed by atoms with Gasteiger partial charge in [-0.1, -0.05) is 4.83 Å². The predicted octanol–water partition coefficient (Wildman–Crippen LogP) is 0.128. The number of morpholine rings is 1. The third kappa shape index (κ3) is 3.10. The van der Waals surface area contributed by atoms with Crippen LogP contribution in [0.4, 0.5) is 5.69 Å². The van der Waals surface area contributed by atoms with E-state index >= 15 is 0 Å². The molecule has 0 spiro atoms. The fourth-order valence-corrected chi connectivity index (χ4v) is 2.32. The van der Waals surface area contributed by atoms with Crippen molar-refractivity contribution in [2.24, 2.45) is 0 Å². The standard InChI is InChI=1S/C10H15N3O2S/c11-9-1-3-10(4-2-9)16(14)12-13-5-7-15-8-6-13/h1-4,12H,5-8,11H2. The lowest BCUT2D eigenvalue weighted by molar-refractivity contribution is 0.0272. The van der Waals surface area contributed by atoms with Gasteiger partial charge >= 0.3 is 0 Å². The lowest BCUT2D eigenvalue weighted by atomic mass is 10.3. The number of rotatable bonds is 3. The Labute approximate surface area is 97.8 Å². The molecule has 0 radical (unpaired) electrons. The minimum absolute atomic E-state index is 0.673. The van der Waals surface area contributed by atoms with Gasteiger partial charge in [0.25, 0.3) is 0 Å². The van der Waals surface area contributed by atoms with Crippen molar-refractivity contribution >= 4 is 17.0 Å². The average molecular weight is 241 g/mol. The Morgan fingerprint density at radius 2 is 1.88 bits per heavy atom. The molecule has 1 fully saturated rings. The Balaban J connectivity index is 1.91. The number of benzene rings is 1. The van der Waals surface area contributed by atoms with Crippen LogP contribution in [0.15, 0.2) is 29.2 Å². The van der Waals surface area contributed by atoms with Gasteiger partial charge in [-0.25, -0.2) is 0 Å². The predicted molar refractivity (Wildman–Crippen MR) is 62.8 cm³/mol. The van der Waals surface area contributed by atoms with Crippen molar-refractivity contribution in [2.45, 2.75) is 4.90 Å². The smallest absolute Gasteiger partial charge is 0.175 e. The van der Waals surface area contributed by atoms with Gasteiger partial charge in [-0.3, -0.25) is 0 Å². The van der Waals surface area contributed by atoms with E-state index in [-0.39, 0.29) is 0 Å². The van der Waals surface area contributed by atoms with Gasteiger partial charge < -0.3 is 15.0 Å². The van der Waals surface area contributed by atoms with Crippen molar-refractivity contribution in [1.82, 2.24) is 9.84 Å². The maximum atomic E-state index is 11.9. The maximum Gasteiger partial charge on any atom is 0.175 e. The summed E-state index contributed by atoms with van der Waals surface area (Å²) in [6.45, 7) is 2.85. The average Bonchev–Trinajstić information content (AvgIpc) is 2.31. The Kier molecular flexibility index (Phi) is 4.03. The molecular weight excluding hydrogens is 226 g/mol. The molecule has 1 aliphatic rings. The topological polar surface area (TPSA) is 73.6 Å². The van der Waals surface area contributed by atoms with Gasteiger partial charge in [-0.15, -0.1) is 0 Å². The van der Waals surface area contributed by atoms with Crippen LogP contribution < -0.4 is 10.6 Å². The zero-order chi connectivity index (χ0) is 11.4. The lowest BCUT2D eigenvalue weighted by Crippen LogP contribution is -2.48. The molecular formula is C10H15N3O2S. The van der Waals surface area contributed by atoms with E-state index < -0.39 is 11.4 Å². The molecule has 1 heterocycles. The van der Waals surface area contributed by atoms with Gasteiger partial charge in [0, 0.05) is 18.8 Å². The number of ether oxygens (including phenoxy) is 1. The normalized spacial score (nSPS) is 19.6. The molecule has 0 aliphatic carbocycles. The molecule has 0 amide bonds. The number of hydrogen-bond acceptors (Lipinski definition) is 5. The Hall–Kier alpha value is -0.790. The monoisotopic (exact) mass is 241 g/mol. The molecule has 1 aromatic rings. The van der Waals surface area contributed by atoms with E-state index in [1.165, 1.54) is 0 Å². The van der Waals surface area contributed by atoms with Crippen LogP contribution in [-0.2, 0) is 16.1 Å². The first-order valence-corrected chi connectivity index (χ1v) is 6.27. The summed E-state index contributed by atoms with van der Waals surface area (Å²) in [6, 6.07) is 7.01. The molecule has 1 saturated heterocycles. The molecule has 6 heteroatoms. The van der Waals surface area contributed by atoms with Crippen molar-refractivity contribution in [3.63, 3.8) is 0 Å². The van der Waals surface area contributed by atoms with E-state index in [0.29, 0.717) is 18.9 Å². The molecule has 2 rings (SSSR count). The van der Waals surface area contributed by atoms with E-state index in [4.69, 9.17) is 10.5 Å². The van der Waals surface area contributed by atoms with Crippen LogP contribution in [0.25, 0.3) is 0 Å². The number of nitrogen functional groups attached to an aromatic ring is 1. The van der Waals surface area contributed by atoms with Gasteiger partial charge in [0.1, 0.15) is 0 Å². The fraction of sp³-hybridized carbons (Fsp3) is 0.400. The number of hydrazine groups is 1. The fourth-order valence-electron chi connectivity index (χ4n) is 1.42. The summed E-state index contributed by atoms with van der Waals surface area (Å²) in [5.74, 6) is 0. The number of anilines is 1. The maximum absolute atomic E-state index is 11.9. The second-order valence-corrected chi connectivity index (χ2v) is 4.72. The molecule has 0 aromatic heterocycles. The van der Waals surface area contributed by atoms with Crippen LogP contribution >= 0.6 is 0 Å². The molecule has 0 saturated carbocycles. The molecule has 1 aliphatic heterocycles. The van der Waals surface area contributed by atoms with E-state index in [1.54, 1.807) is 24.3 Å². The van der Waals surface area contributed by atoms with Gasteiger partial charge in [0.05, 0.1) is 24.6 Å². The Bertz CT molecular complexity index is 327. The highest BCUT2D eigenvalue weighted by Gasteiger charge is 2.18. The summed E-state index contributed by atoms with van der Waals surface area (Å²) >= 11 is -1.22. The SMILES string of the molecule is Nc1ccc([S+]([O-])NN2CCOCC2)cc1. The summed E-state index contributed by atoms with van der Waals surface area (Å²) in [4.78, 5) is 3.66. The van der Waals surface area contributed by atoms with Crippen LogP contribution in [0.3, 0.4) is 0 Å². The highest BCUT2D eigenvalue weighted by molar-refractivity contribution is 7.89. The number of nitrogens with two attached hydrogens (primary N) is 1. The summed E-state index contributed by atoms with van der Waals surface area (Å²) in [6.07, 6.45) is 0. The first kappa shape index (κ1) is 11.7. The van der Waals surface area contributed by atoms with E-state index in [2.05, 4.69) is 4.83 Å². The number of hydrogen-bond donors (Lipinski definition) is 2. The molecule has 5 nitrogen and oxygen atoms in total. The highest BCUT2D eigenvalue weighted by Crippen LogP contribution is 2.12. The van der Waals surface area contributed by atoms with Gasteiger partial charge in [0.15, 0.2) is 4.90 Å². The van der Waals surface area contributed by atoms with Crippen LogP contribution in [-0.4, -0.2) is 35.9 Å². The third-order valence-electron chi connectivity index (χ3n) is 2.32. The zero-order valence-electron chi connectivity index (χ0n) is 8.89. The lowest BCUT2D eigenvalue weighted by Gasteiger charge is -2.26. The quantitative estimate of drug-likeness (QED) is 0.581. The summed E-state index contributed by atoms with van der Waals surface area (Å²) in [5.41, 5.74) is 6.24. The number of nitrogens with zero attached hydrogens (tertiary/aromatic N) is 1. The molecule has 1 unspecified atom stereocenters. The van der Waals surface area contributed by atoms with Crippen molar-refractivity contribution in [3.8, 4) is 0 Å². The van der Waals surface area contributed by atoms with E-state index in [1.807, 2.05) is 5.01 Å². The van der Waals surface area contributed by atoms with Crippen molar-refractivity contribution in [3.05, 3.63) is 24.3 Å². The van der Waals surface area contributed by atoms with Crippen LogP contribution in [0.2, 0.25) is 0 Å². The van der Waals surface area contributed by atoms with Crippen LogP contribution in [0.5, 0.6) is 0 Å². The summed E-state index contributed by atoms with van der Waals surface area (Å²) in [7, 11) is 0. The number of nitrogens with one attached hydrogen (secondary N) is 1. The molecule has 3 N–H and O–H groups in total. The van der Waals surface area contributed by atoms with Crippen LogP contribution in [0.1, 0.15) is 0 Å². The highest BCUT2D eigenvalue weighted by atomic mass is 32.2. The first-order valence-electron chi connectivity index (χ1n) is 5.12. The minimum atomic E-state index is -1.22. The summed E-state index contributed by atoms with van der Waals surface area (Å²) < 4.78 is 17.1. The van der Waals surface area contributed by atoms with Crippen molar-refractivity contribution < 1.29 is 9.29 Å². The van der Waals surface area contributed by atoms with Crippen molar-refractivity contribution in [1.29, 1.82) is 0 Å². The third-order valence-corrected chi connectivity index (χ3v) is 3.44.